The molecule has 5 rings (SSSR count). The van der Waals surface area contributed by atoms with Crippen molar-refractivity contribution in [3.05, 3.63) is 35.9 Å². The Morgan fingerprint density at radius 2 is 1.94 bits per heavy atom. The highest BCUT2D eigenvalue weighted by molar-refractivity contribution is 6.70. The lowest BCUT2D eigenvalue weighted by Gasteiger charge is -2.65. The molecule has 0 radical (unpaired) electrons. The molecule has 1 aromatic carbocycles. The molecular weight excluding hydrogens is 434 g/mol. The number of Topliss-reactive ketones (excluding diaryl/α,β-unsaturated/α-hetero) is 1. The summed E-state index contributed by atoms with van der Waals surface area (Å²) in [6, 6.07) is 4.52. The number of likely N-dealkylation sites (tertiary alicyclic amines) is 1. The Hall–Kier alpha value is -1.42. The lowest BCUT2D eigenvalue weighted by Crippen LogP contribution is -2.78. The van der Waals surface area contributed by atoms with Crippen LogP contribution in [-0.4, -0.2) is 58.2 Å². The van der Waals surface area contributed by atoms with Crippen LogP contribution in [0.3, 0.4) is 0 Å². The Labute approximate surface area is 194 Å². The van der Waals surface area contributed by atoms with Gasteiger partial charge in [0.1, 0.15) is 5.75 Å². The van der Waals surface area contributed by atoms with Gasteiger partial charge in [0.2, 0.25) is 8.32 Å². The Kier molecular flexibility index (Phi) is 4.93. The van der Waals surface area contributed by atoms with Crippen LogP contribution in [0.25, 0.3) is 0 Å². The molecule has 0 amide bonds. The highest BCUT2D eigenvalue weighted by atomic mass is 28.4. The van der Waals surface area contributed by atoms with Gasteiger partial charge in [-0.25, -0.2) is 0 Å². The Morgan fingerprint density at radius 3 is 2.59 bits per heavy atom. The van der Waals surface area contributed by atoms with Crippen LogP contribution in [0.4, 0.5) is 0 Å². The minimum absolute atomic E-state index is 0.221. The summed E-state index contributed by atoms with van der Waals surface area (Å²) < 4.78 is 20.4. The molecule has 1 aromatic rings. The molecule has 2 fully saturated rings. The van der Waals surface area contributed by atoms with Crippen molar-refractivity contribution in [1.82, 2.24) is 4.90 Å². The minimum Gasteiger partial charge on any atom is -0.542 e. The van der Waals surface area contributed by atoms with Crippen molar-refractivity contribution in [2.24, 2.45) is 0 Å². The normalized spacial score (nSPS) is 33.5. The second kappa shape index (κ2) is 7.04. The number of carbonyl (C=O) groups is 1. The molecule has 0 N–H and O–H groups in total. The molecule has 5 nitrogen and oxygen atoms in total. The van der Waals surface area contributed by atoms with Crippen molar-refractivity contribution in [2.45, 2.75) is 88.1 Å². The van der Waals surface area contributed by atoms with Crippen molar-refractivity contribution < 1.29 is 18.4 Å². The molecule has 2 heterocycles. The van der Waals surface area contributed by atoms with Gasteiger partial charge in [0.05, 0.1) is 11.0 Å². The Bertz CT molecular complexity index is 981. The second-order valence-corrected chi connectivity index (χ2v) is 20.8. The first-order valence-electron chi connectivity index (χ1n) is 12.0. The molecule has 7 heteroatoms. The van der Waals surface area contributed by atoms with E-state index in [1.54, 1.807) is 0 Å². The van der Waals surface area contributed by atoms with E-state index < -0.39 is 33.8 Å². The van der Waals surface area contributed by atoms with E-state index >= 15 is 0 Å². The SMILES string of the molecule is C=CCN1CCC23c4c5ccc(O[Si](C)(C)C)c4OC2C(=O)CCC3(O[Si](C)(C)C)C1C5. The molecule has 174 valence electrons. The van der Waals surface area contributed by atoms with Gasteiger partial charge in [-0.2, -0.15) is 0 Å². The maximum absolute atomic E-state index is 13.4. The minimum atomic E-state index is -1.93. The van der Waals surface area contributed by atoms with Crippen LogP contribution >= 0.6 is 0 Å². The molecule has 4 unspecified atom stereocenters. The molecule has 4 aliphatic rings. The second-order valence-electron chi connectivity index (χ2n) is 11.9. The number of piperidine rings is 1. The zero-order chi connectivity index (χ0) is 23.1. The van der Waals surface area contributed by atoms with Gasteiger partial charge >= 0.3 is 0 Å². The van der Waals surface area contributed by atoms with Crippen LogP contribution in [0.5, 0.6) is 11.5 Å². The quantitative estimate of drug-likeness (QED) is 0.446. The van der Waals surface area contributed by atoms with Gasteiger partial charge in [-0.05, 0) is 70.2 Å². The topological polar surface area (TPSA) is 48.0 Å². The van der Waals surface area contributed by atoms with E-state index in [2.05, 4.69) is 62.9 Å². The number of carbonyl (C=O) groups excluding carboxylic acids is 1. The van der Waals surface area contributed by atoms with Crippen LogP contribution in [0.15, 0.2) is 24.8 Å². The highest BCUT2D eigenvalue weighted by Gasteiger charge is 2.74. The van der Waals surface area contributed by atoms with E-state index in [0.717, 1.165) is 43.9 Å². The van der Waals surface area contributed by atoms with Gasteiger partial charge in [0, 0.05) is 31.1 Å². The van der Waals surface area contributed by atoms with E-state index in [9.17, 15) is 4.79 Å². The Balaban J connectivity index is 1.77. The third kappa shape index (κ3) is 3.04. The van der Waals surface area contributed by atoms with Crippen LogP contribution in [0.2, 0.25) is 39.3 Å². The number of hydrogen-bond acceptors (Lipinski definition) is 5. The molecule has 32 heavy (non-hydrogen) atoms. The summed E-state index contributed by atoms with van der Waals surface area (Å²) in [5.74, 6) is 1.86. The van der Waals surface area contributed by atoms with Crippen LogP contribution in [-0.2, 0) is 21.1 Å². The lowest BCUT2D eigenvalue weighted by molar-refractivity contribution is -0.179. The van der Waals surface area contributed by atoms with Gasteiger partial charge < -0.3 is 13.6 Å². The largest absolute Gasteiger partial charge is 0.542 e. The van der Waals surface area contributed by atoms with Crippen molar-refractivity contribution in [2.75, 3.05) is 13.1 Å². The number of nitrogens with zero attached hydrogens (tertiary/aromatic N) is 1. The zero-order valence-corrected chi connectivity index (χ0v) is 22.4. The number of benzene rings is 1. The summed E-state index contributed by atoms with van der Waals surface area (Å²) in [4.78, 5) is 15.9. The zero-order valence-electron chi connectivity index (χ0n) is 20.4. The first kappa shape index (κ1) is 22.4. The maximum Gasteiger partial charge on any atom is 0.242 e. The number of ether oxygens (including phenoxy) is 1. The summed E-state index contributed by atoms with van der Waals surface area (Å²) >= 11 is 0. The van der Waals surface area contributed by atoms with Gasteiger partial charge in [0.15, 0.2) is 26.0 Å². The standard InChI is InChI=1S/C25H37NO4Si2/c1-8-14-26-15-13-24-21-17-9-10-19(29-31(2,3)4)22(21)28-23(24)18(27)11-12-25(24,20(26)16-17)30-32(5,6)7/h8-10,20,23H,1,11-16H2,2-7H3. The molecule has 1 spiro atoms. The number of hydrogen-bond donors (Lipinski definition) is 0. The van der Waals surface area contributed by atoms with Crippen molar-refractivity contribution in [3.63, 3.8) is 0 Å². The molecular formula is C25H37NO4Si2. The fraction of sp³-hybridized carbons (Fsp3) is 0.640. The van der Waals surface area contributed by atoms with E-state index in [0.29, 0.717) is 6.42 Å². The molecule has 1 saturated carbocycles. The lowest BCUT2D eigenvalue weighted by atomic mass is 9.49. The predicted molar refractivity (Wildman–Crippen MR) is 132 cm³/mol. The third-order valence-electron chi connectivity index (χ3n) is 7.58. The average molecular weight is 472 g/mol. The monoisotopic (exact) mass is 471 g/mol. The first-order chi connectivity index (χ1) is 14.9. The molecule has 2 aliphatic carbocycles. The van der Waals surface area contributed by atoms with E-state index in [4.69, 9.17) is 13.6 Å². The van der Waals surface area contributed by atoms with Crippen LogP contribution in [0.1, 0.15) is 30.4 Å². The summed E-state index contributed by atoms with van der Waals surface area (Å²) in [6.07, 6.45) is 4.60. The summed E-state index contributed by atoms with van der Waals surface area (Å²) in [5.41, 5.74) is 1.69. The van der Waals surface area contributed by atoms with E-state index in [1.807, 2.05) is 6.08 Å². The Morgan fingerprint density at radius 1 is 1.19 bits per heavy atom. The van der Waals surface area contributed by atoms with Crippen LogP contribution in [0, 0.1) is 0 Å². The molecule has 0 aromatic heterocycles. The van der Waals surface area contributed by atoms with E-state index in [1.165, 1.54) is 11.1 Å². The van der Waals surface area contributed by atoms with Gasteiger partial charge in [0.25, 0.3) is 0 Å². The maximum atomic E-state index is 13.4. The van der Waals surface area contributed by atoms with Gasteiger partial charge in [-0.15, -0.1) is 6.58 Å². The van der Waals surface area contributed by atoms with Gasteiger partial charge in [-0.1, -0.05) is 12.1 Å². The fourth-order valence-electron chi connectivity index (χ4n) is 6.92. The third-order valence-corrected chi connectivity index (χ3v) is 9.39. The summed E-state index contributed by atoms with van der Waals surface area (Å²) in [7, 11) is -3.78. The molecule has 1 saturated heterocycles. The van der Waals surface area contributed by atoms with Crippen LogP contribution < -0.4 is 9.16 Å². The predicted octanol–water partition coefficient (Wildman–Crippen LogP) is 4.67. The summed E-state index contributed by atoms with van der Waals surface area (Å²) in [6.45, 7) is 19.2. The molecule has 4 atom stereocenters. The first-order valence-corrected chi connectivity index (χ1v) is 18.8. The smallest absolute Gasteiger partial charge is 0.242 e. The highest BCUT2D eigenvalue weighted by Crippen LogP contribution is 2.66. The van der Waals surface area contributed by atoms with E-state index in [-0.39, 0.29) is 11.8 Å². The molecule has 2 aliphatic heterocycles. The van der Waals surface area contributed by atoms with Crippen molar-refractivity contribution in [1.29, 1.82) is 0 Å². The van der Waals surface area contributed by atoms with Crippen molar-refractivity contribution in [3.8, 4) is 11.5 Å². The fourth-order valence-corrected chi connectivity index (χ4v) is 9.26. The van der Waals surface area contributed by atoms with Gasteiger partial charge in [-0.3, -0.25) is 9.69 Å². The summed E-state index contributed by atoms with van der Waals surface area (Å²) in [5, 5.41) is 0. The molecule has 2 bridgehead atoms. The number of rotatable bonds is 6. The number of ketones is 1. The van der Waals surface area contributed by atoms with Crippen molar-refractivity contribution >= 4 is 22.4 Å². The average Bonchev–Trinajstić information content (AvgIpc) is 3.01.